The van der Waals surface area contributed by atoms with E-state index in [1.165, 1.54) is 22.2 Å². The van der Waals surface area contributed by atoms with Gasteiger partial charge in [-0.3, -0.25) is 9.80 Å². The highest BCUT2D eigenvalue weighted by atomic mass is 16.5. The van der Waals surface area contributed by atoms with Crippen molar-refractivity contribution in [2.45, 2.75) is 46.7 Å². The average Bonchev–Trinajstić information content (AvgIpc) is 3.12. The van der Waals surface area contributed by atoms with Crippen LogP contribution in [0.1, 0.15) is 37.9 Å². The number of H-pyrrole nitrogens is 1. The van der Waals surface area contributed by atoms with Gasteiger partial charge in [0.15, 0.2) is 0 Å². The van der Waals surface area contributed by atoms with Crippen molar-refractivity contribution < 1.29 is 9.47 Å². The summed E-state index contributed by atoms with van der Waals surface area (Å²) in [5.41, 5.74) is 4.76. The van der Waals surface area contributed by atoms with E-state index in [0.717, 1.165) is 76.0 Å². The van der Waals surface area contributed by atoms with Gasteiger partial charge >= 0.3 is 0 Å². The van der Waals surface area contributed by atoms with Gasteiger partial charge in [0.1, 0.15) is 24.4 Å². The Morgan fingerprint density at radius 2 is 1.91 bits per heavy atom. The smallest absolute Gasteiger partial charge is 0.122 e. The maximum Gasteiger partial charge on any atom is 0.122 e. The van der Waals surface area contributed by atoms with E-state index in [4.69, 9.17) is 9.47 Å². The summed E-state index contributed by atoms with van der Waals surface area (Å²) in [6.07, 6.45) is 6.65. The molecule has 0 aliphatic carbocycles. The van der Waals surface area contributed by atoms with E-state index in [1.807, 2.05) is 0 Å². The molecule has 0 saturated carbocycles. The van der Waals surface area contributed by atoms with Gasteiger partial charge in [0, 0.05) is 61.1 Å². The minimum Gasteiger partial charge on any atom is -0.492 e. The van der Waals surface area contributed by atoms with Gasteiger partial charge in [0.25, 0.3) is 0 Å². The first-order valence-corrected chi connectivity index (χ1v) is 12.8. The van der Waals surface area contributed by atoms with E-state index < -0.39 is 0 Å². The van der Waals surface area contributed by atoms with E-state index in [0.29, 0.717) is 6.61 Å². The molecule has 1 atom stereocenters. The zero-order valence-electron chi connectivity index (χ0n) is 21.2. The zero-order chi connectivity index (χ0) is 23.9. The highest BCUT2D eigenvalue weighted by molar-refractivity contribution is 5.87. The maximum absolute atomic E-state index is 6.27. The summed E-state index contributed by atoms with van der Waals surface area (Å²) < 4.78 is 11.7. The van der Waals surface area contributed by atoms with Crippen LogP contribution in [0.5, 0.6) is 0 Å². The highest BCUT2D eigenvalue weighted by Gasteiger charge is 2.21. The van der Waals surface area contributed by atoms with Crippen LogP contribution in [0.3, 0.4) is 0 Å². The highest BCUT2D eigenvalue weighted by Crippen LogP contribution is 2.26. The lowest BCUT2D eigenvalue weighted by atomic mass is 10.1. The molecular formula is C27H41N5O2. The number of benzene rings is 1. The lowest BCUT2D eigenvalue weighted by molar-refractivity contribution is 0.0278. The molecule has 1 saturated heterocycles. The molecule has 7 nitrogen and oxygen atoms in total. The number of fused-ring (bicyclic) bond motifs is 1. The minimum absolute atomic E-state index is 0.103. The van der Waals surface area contributed by atoms with Gasteiger partial charge in [-0.25, -0.2) is 0 Å². The second-order valence-corrected chi connectivity index (χ2v) is 9.32. The van der Waals surface area contributed by atoms with Crippen LogP contribution in [0.4, 0.5) is 5.69 Å². The van der Waals surface area contributed by atoms with Crippen molar-refractivity contribution in [1.82, 2.24) is 20.1 Å². The van der Waals surface area contributed by atoms with Crippen LogP contribution in [0, 0.1) is 13.8 Å². The fraction of sp³-hybridized carbons (Fsp3) is 0.556. The molecule has 0 radical (unpaired) electrons. The molecule has 3 N–H and O–H groups in total. The van der Waals surface area contributed by atoms with Gasteiger partial charge in [0.2, 0.25) is 0 Å². The SMILES string of the molecule is CCCN(CCC)C1C=C(OCCN2CCOCC2)C=C(Nc2ccc3[nH]c(C)c(C)c3c2)N1. The summed E-state index contributed by atoms with van der Waals surface area (Å²) in [5.74, 6) is 1.89. The first-order valence-electron chi connectivity index (χ1n) is 12.8. The Hall–Kier alpha value is -2.48. The molecule has 186 valence electrons. The molecule has 2 aliphatic heterocycles. The Bertz CT molecular complexity index is 1000. The van der Waals surface area contributed by atoms with Crippen molar-refractivity contribution in [3.05, 3.63) is 53.2 Å². The topological polar surface area (TPSA) is 64.8 Å². The van der Waals surface area contributed by atoms with Gasteiger partial charge in [-0.05, 0) is 56.5 Å². The van der Waals surface area contributed by atoms with Crippen LogP contribution in [0.2, 0.25) is 0 Å². The van der Waals surface area contributed by atoms with Gasteiger partial charge in [-0.1, -0.05) is 13.8 Å². The molecule has 34 heavy (non-hydrogen) atoms. The number of rotatable bonds is 11. The third-order valence-corrected chi connectivity index (χ3v) is 6.69. The molecule has 2 aromatic rings. The third kappa shape index (κ3) is 6.14. The Morgan fingerprint density at radius 1 is 1.15 bits per heavy atom. The lowest BCUT2D eigenvalue weighted by Crippen LogP contribution is -2.47. The van der Waals surface area contributed by atoms with Crippen molar-refractivity contribution in [3.8, 4) is 0 Å². The van der Waals surface area contributed by atoms with E-state index in [-0.39, 0.29) is 6.17 Å². The molecule has 4 rings (SSSR count). The van der Waals surface area contributed by atoms with Crippen molar-refractivity contribution in [1.29, 1.82) is 0 Å². The molecule has 7 heteroatoms. The van der Waals surface area contributed by atoms with E-state index in [9.17, 15) is 0 Å². The Kier molecular flexibility index (Phi) is 8.53. The molecule has 1 aromatic heterocycles. The van der Waals surface area contributed by atoms with Crippen molar-refractivity contribution in [2.75, 3.05) is 57.9 Å². The molecule has 0 amide bonds. The number of nitrogens with zero attached hydrogens (tertiary/aromatic N) is 2. The van der Waals surface area contributed by atoms with Crippen molar-refractivity contribution >= 4 is 16.6 Å². The van der Waals surface area contributed by atoms with Gasteiger partial charge in [-0.15, -0.1) is 0 Å². The number of nitrogens with one attached hydrogen (secondary N) is 3. The average molecular weight is 468 g/mol. The fourth-order valence-electron chi connectivity index (χ4n) is 4.72. The largest absolute Gasteiger partial charge is 0.492 e. The molecule has 1 unspecified atom stereocenters. The lowest BCUT2D eigenvalue weighted by Gasteiger charge is -2.34. The van der Waals surface area contributed by atoms with Crippen molar-refractivity contribution in [3.63, 3.8) is 0 Å². The van der Waals surface area contributed by atoms with Crippen LogP contribution in [0.15, 0.2) is 41.9 Å². The zero-order valence-corrected chi connectivity index (χ0v) is 21.2. The Labute approximate surface area is 204 Å². The van der Waals surface area contributed by atoms with Gasteiger partial charge < -0.3 is 25.1 Å². The number of allylic oxidation sites excluding steroid dienone is 1. The molecule has 0 bridgehead atoms. The molecule has 3 heterocycles. The predicted octanol–water partition coefficient (Wildman–Crippen LogP) is 4.32. The number of hydrogen-bond acceptors (Lipinski definition) is 6. The second kappa shape index (κ2) is 11.8. The third-order valence-electron chi connectivity index (χ3n) is 6.69. The first-order chi connectivity index (χ1) is 16.6. The van der Waals surface area contributed by atoms with Crippen LogP contribution < -0.4 is 10.6 Å². The van der Waals surface area contributed by atoms with Crippen LogP contribution in [-0.2, 0) is 9.47 Å². The minimum atomic E-state index is 0.103. The first kappa shape index (κ1) is 24.6. The van der Waals surface area contributed by atoms with Crippen LogP contribution in [0.25, 0.3) is 10.9 Å². The van der Waals surface area contributed by atoms with Crippen molar-refractivity contribution in [2.24, 2.45) is 0 Å². The molecule has 2 aliphatic rings. The molecule has 0 spiro atoms. The Balaban J connectivity index is 1.49. The van der Waals surface area contributed by atoms with Gasteiger partial charge in [-0.2, -0.15) is 0 Å². The predicted molar refractivity (Wildman–Crippen MR) is 140 cm³/mol. The summed E-state index contributed by atoms with van der Waals surface area (Å²) in [4.78, 5) is 8.35. The number of morpholine rings is 1. The summed E-state index contributed by atoms with van der Waals surface area (Å²) in [5, 5.41) is 8.56. The number of ether oxygens (including phenoxy) is 2. The summed E-state index contributed by atoms with van der Waals surface area (Å²) in [6.45, 7) is 16.1. The van der Waals surface area contributed by atoms with Crippen LogP contribution in [-0.4, -0.2) is 73.5 Å². The Morgan fingerprint density at radius 3 is 2.65 bits per heavy atom. The van der Waals surface area contributed by atoms with E-state index in [2.05, 4.69) is 83.5 Å². The van der Waals surface area contributed by atoms with E-state index >= 15 is 0 Å². The summed E-state index contributed by atoms with van der Waals surface area (Å²) in [7, 11) is 0. The van der Waals surface area contributed by atoms with Crippen LogP contribution >= 0.6 is 0 Å². The maximum atomic E-state index is 6.27. The van der Waals surface area contributed by atoms with Gasteiger partial charge in [0.05, 0.1) is 13.2 Å². The standard InChI is InChI=1S/C27H41N5O2/c1-5-9-32(10-6-2)27-19-23(34-16-13-31-11-14-33-15-12-31)18-26(30-27)29-22-7-8-25-24(17-22)20(3)21(4)28-25/h7-8,17-19,27-30H,5-6,9-16H2,1-4H3. The number of hydrogen-bond donors (Lipinski definition) is 3. The monoisotopic (exact) mass is 467 g/mol. The molecule has 1 aromatic carbocycles. The summed E-state index contributed by atoms with van der Waals surface area (Å²) in [6, 6.07) is 6.50. The molecular weight excluding hydrogens is 426 g/mol. The number of dihydropyridines is 1. The number of aromatic nitrogens is 1. The molecule has 1 fully saturated rings. The van der Waals surface area contributed by atoms with E-state index in [1.54, 1.807) is 0 Å². The number of aromatic amines is 1. The second-order valence-electron chi connectivity index (χ2n) is 9.32. The summed E-state index contributed by atoms with van der Waals surface area (Å²) >= 11 is 0. The fourth-order valence-corrected chi connectivity index (χ4v) is 4.72. The normalized spacial score (nSPS) is 19.1. The number of anilines is 1. The number of aryl methyl sites for hydroxylation is 2. The quantitative estimate of drug-likeness (QED) is 0.457.